The van der Waals surface area contributed by atoms with Gasteiger partial charge >= 0.3 is 0 Å². The molecule has 1 aromatic carbocycles. The maximum absolute atomic E-state index is 11.9. The van der Waals surface area contributed by atoms with Crippen molar-refractivity contribution in [3.05, 3.63) is 53.5 Å². The number of aliphatic imine (C=N–C) groups is 1. The van der Waals surface area contributed by atoms with Crippen molar-refractivity contribution in [1.82, 2.24) is 16.0 Å². The quantitative estimate of drug-likeness (QED) is 0.280. The summed E-state index contributed by atoms with van der Waals surface area (Å²) in [7, 11) is 1.68. The van der Waals surface area contributed by atoms with Gasteiger partial charge in [0.15, 0.2) is 5.96 Å². The molecule has 2 rings (SSSR count). The Morgan fingerprint density at radius 1 is 1.21 bits per heavy atom. The summed E-state index contributed by atoms with van der Waals surface area (Å²) in [6.45, 7) is 5.84. The van der Waals surface area contributed by atoms with E-state index in [-0.39, 0.29) is 36.4 Å². The average molecular weight is 500 g/mol. The molecule has 28 heavy (non-hydrogen) atoms. The van der Waals surface area contributed by atoms with Crippen LogP contribution in [0.3, 0.4) is 0 Å². The Kier molecular flexibility index (Phi) is 11.1. The monoisotopic (exact) mass is 500 g/mol. The van der Waals surface area contributed by atoms with Crippen LogP contribution in [0.4, 0.5) is 0 Å². The molecule has 3 N–H and O–H groups in total. The Labute approximate surface area is 183 Å². The number of ether oxygens (including phenoxy) is 1. The predicted octanol–water partition coefficient (Wildman–Crippen LogP) is 2.63. The van der Waals surface area contributed by atoms with Crippen molar-refractivity contribution in [2.45, 2.75) is 26.8 Å². The van der Waals surface area contributed by atoms with E-state index in [0.717, 1.165) is 17.7 Å². The molecule has 2 aromatic rings. The van der Waals surface area contributed by atoms with Crippen LogP contribution in [0.15, 0.2) is 46.0 Å². The molecule has 0 saturated heterocycles. The lowest BCUT2D eigenvalue weighted by Gasteiger charge is -2.13. The lowest BCUT2D eigenvalue weighted by atomic mass is 10.1. The zero-order valence-electron chi connectivity index (χ0n) is 16.6. The third-order valence-corrected chi connectivity index (χ3v) is 3.89. The number of nitrogens with zero attached hydrogens (tertiary/aromatic N) is 1. The average Bonchev–Trinajstić information content (AvgIpc) is 3.18. The molecule has 1 aromatic heterocycles. The van der Waals surface area contributed by atoms with Gasteiger partial charge in [0, 0.05) is 13.1 Å². The van der Waals surface area contributed by atoms with Crippen LogP contribution in [0.25, 0.3) is 0 Å². The number of carbonyl (C=O) groups is 1. The third-order valence-electron chi connectivity index (χ3n) is 3.89. The normalized spacial score (nSPS) is 10.8. The number of nitrogens with one attached hydrogen (secondary N) is 3. The Bertz CT molecular complexity index is 748. The fourth-order valence-corrected chi connectivity index (χ4v) is 2.57. The van der Waals surface area contributed by atoms with Gasteiger partial charge < -0.3 is 25.1 Å². The smallest absolute Gasteiger partial charge is 0.242 e. The second kappa shape index (κ2) is 13.0. The van der Waals surface area contributed by atoms with Gasteiger partial charge in [-0.2, -0.15) is 0 Å². The van der Waals surface area contributed by atoms with Gasteiger partial charge in [0.25, 0.3) is 0 Å². The summed E-state index contributed by atoms with van der Waals surface area (Å²) in [4.78, 5) is 16.3. The van der Waals surface area contributed by atoms with E-state index < -0.39 is 0 Å². The number of guanidine groups is 1. The predicted molar refractivity (Wildman–Crippen MR) is 121 cm³/mol. The number of carbonyl (C=O) groups excluding carboxylic acids is 1. The maximum atomic E-state index is 11.9. The molecular weight excluding hydrogens is 471 g/mol. The third kappa shape index (κ3) is 8.20. The molecule has 0 aliphatic heterocycles. The van der Waals surface area contributed by atoms with Crippen molar-refractivity contribution >= 4 is 35.8 Å². The zero-order chi connectivity index (χ0) is 19.5. The van der Waals surface area contributed by atoms with Crippen molar-refractivity contribution in [3.8, 4) is 5.75 Å². The van der Waals surface area contributed by atoms with Crippen molar-refractivity contribution < 1.29 is 13.9 Å². The first-order chi connectivity index (χ1) is 13.1. The fourth-order valence-electron chi connectivity index (χ4n) is 2.57. The topological polar surface area (TPSA) is 87.9 Å². The fraction of sp³-hybridized carbons (Fsp3) is 0.400. The number of hydrogen-bond acceptors (Lipinski definition) is 4. The van der Waals surface area contributed by atoms with Crippen LogP contribution in [0, 0.1) is 6.92 Å². The van der Waals surface area contributed by atoms with Crippen LogP contribution in [0.5, 0.6) is 5.75 Å². The molecule has 0 aliphatic carbocycles. The van der Waals surface area contributed by atoms with Crippen LogP contribution in [0.2, 0.25) is 0 Å². The van der Waals surface area contributed by atoms with Crippen LogP contribution in [0.1, 0.15) is 23.8 Å². The molecule has 154 valence electrons. The maximum Gasteiger partial charge on any atom is 0.242 e. The summed E-state index contributed by atoms with van der Waals surface area (Å²) in [5, 5.41) is 9.17. The summed E-state index contributed by atoms with van der Waals surface area (Å²) < 4.78 is 10.6. The number of halogens is 1. The second-order valence-corrected chi connectivity index (χ2v) is 6.04. The lowest BCUT2D eigenvalue weighted by molar-refractivity contribution is -0.119. The van der Waals surface area contributed by atoms with Gasteiger partial charge in [0.2, 0.25) is 5.91 Å². The van der Waals surface area contributed by atoms with E-state index in [1.54, 1.807) is 19.4 Å². The molecular formula is C20H29IN4O3. The Hall–Kier alpha value is -2.23. The zero-order valence-corrected chi connectivity index (χ0v) is 18.9. The summed E-state index contributed by atoms with van der Waals surface area (Å²) in [6, 6.07) is 9.73. The molecule has 0 aliphatic rings. The van der Waals surface area contributed by atoms with Crippen molar-refractivity contribution in [2.75, 3.05) is 26.7 Å². The van der Waals surface area contributed by atoms with Crippen LogP contribution in [-0.2, 0) is 17.8 Å². The number of furan rings is 1. The highest BCUT2D eigenvalue weighted by atomic mass is 127. The molecule has 1 heterocycles. The highest BCUT2D eigenvalue weighted by molar-refractivity contribution is 14.0. The van der Waals surface area contributed by atoms with E-state index in [1.165, 1.54) is 5.56 Å². The molecule has 0 spiro atoms. The highest BCUT2D eigenvalue weighted by Gasteiger charge is 2.06. The summed E-state index contributed by atoms with van der Waals surface area (Å²) >= 11 is 0. The van der Waals surface area contributed by atoms with Gasteiger partial charge in [-0.25, -0.2) is 4.99 Å². The molecule has 0 unspecified atom stereocenters. The van der Waals surface area contributed by atoms with Crippen molar-refractivity contribution in [2.24, 2.45) is 4.99 Å². The van der Waals surface area contributed by atoms with Crippen molar-refractivity contribution in [1.29, 1.82) is 0 Å². The Balaban J connectivity index is 0.00000392. The van der Waals surface area contributed by atoms with Crippen LogP contribution in [-0.4, -0.2) is 38.6 Å². The minimum Gasteiger partial charge on any atom is -0.496 e. The minimum atomic E-state index is -0.163. The highest BCUT2D eigenvalue weighted by Crippen LogP contribution is 2.19. The molecule has 0 saturated carbocycles. The number of amides is 1. The van der Waals surface area contributed by atoms with Gasteiger partial charge in [0.1, 0.15) is 18.1 Å². The lowest BCUT2D eigenvalue weighted by Crippen LogP contribution is -2.39. The first kappa shape index (κ1) is 23.8. The molecule has 0 radical (unpaired) electrons. The molecule has 8 heteroatoms. The first-order valence-corrected chi connectivity index (χ1v) is 9.07. The van der Waals surface area contributed by atoms with Crippen LogP contribution >= 0.6 is 24.0 Å². The van der Waals surface area contributed by atoms with Crippen molar-refractivity contribution in [3.63, 3.8) is 0 Å². The van der Waals surface area contributed by atoms with Gasteiger partial charge in [-0.15, -0.1) is 24.0 Å². The first-order valence-electron chi connectivity index (χ1n) is 9.07. The molecule has 0 bridgehead atoms. The number of hydrogen-bond donors (Lipinski definition) is 3. The van der Waals surface area contributed by atoms with E-state index in [1.807, 2.05) is 25.1 Å². The summed E-state index contributed by atoms with van der Waals surface area (Å²) in [5.41, 5.74) is 2.33. The molecule has 0 atom stereocenters. The Morgan fingerprint density at radius 2 is 2.04 bits per heavy atom. The second-order valence-electron chi connectivity index (χ2n) is 6.04. The van der Waals surface area contributed by atoms with Crippen LogP contribution < -0.4 is 20.7 Å². The number of rotatable bonds is 9. The van der Waals surface area contributed by atoms with E-state index in [0.29, 0.717) is 31.4 Å². The SMILES string of the molecule is CCNC(=NCC(=O)NCc1ccco1)NCCc1cc(C)ccc1OC.I. The van der Waals surface area contributed by atoms with E-state index >= 15 is 0 Å². The number of aryl methyl sites for hydroxylation is 1. The number of methoxy groups -OCH3 is 1. The summed E-state index contributed by atoms with van der Waals surface area (Å²) in [5.74, 6) is 2.03. The van der Waals surface area contributed by atoms with Gasteiger partial charge in [0.05, 0.1) is 19.9 Å². The molecule has 0 fully saturated rings. The van der Waals surface area contributed by atoms with E-state index in [9.17, 15) is 4.79 Å². The molecule has 7 nitrogen and oxygen atoms in total. The molecule has 1 amide bonds. The van der Waals surface area contributed by atoms with E-state index in [4.69, 9.17) is 9.15 Å². The minimum absolute atomic E-state index is 0. The van der Waals surface area contributed by atoms with Gasteiger partial charge in [-0.1, -0.05) is 17.7 Å². The van der Waals surface area contributed by atoms with Gasteiger partial charge in [-0.3, -0.25) is 4.79 Å². The largest absolute Gasteiger partial charge is 0.496 e. The standard InChI is InChI=1S/C20H28N4O3.HI/c1-4-21-20(24-14-19(25)23-13-17-6-5-11-27-17)22-10-9-16-12-15(2)7-8-18(16)26-3;/h5-8,11-12H,4,9-10,13-14H2,1-3H3,(H,23,25)(H2,21,22,24);1H. The van der Waals surface area contributed by atoms with E-state index in [2.05, 4.69) is 33.9 Å². The van der Waals surface area contributed by atoms with Gasteiger partial charge in [-0.05, 0) is 44.0 Å². The summed E-state index contributed by atoms with van der Waals surface area (Å²) in [6.07, 6.45) is 2.37. The number of benzene rings is 1. The Morgan fingerprint density at radius 3 is 2.71 bits per heavy atom.